The van der Waals surface area contributed by atoms with Crippen LogP contribution in [-0.2, 0) is 11.4 Å². The van der Waals surface area contributed by atoms with Crippen LogP contribution in [0.5, 0.6) is 0 Å². The Labute approximate surface area is 137 Å². The van der Waals surface area contributed by atoms with Gasteiger partial charge in [-0.05, 0) is 23.8 Å². The predicted octanol–water partition coefficient (Wildman–Crippen LogP) is 3.90. The molecule has 0 fully saturated rings. The molecule has 2 aromatic rings. The fourth-order valence-electron chi connectivity index (χ4n) is 2.38. The molecule has 1 aliphatic rings. The van der Waals surface area contributed by atoms with Gasteiger partial charge in [-0.3, -0.25) is 0 Å². The summed E-state index contributed by atoms with van der Waals surface area (Å²) in [5, 5.41) is 7.86. The maximum absolute atomic E-state index is 13.5. The summed E-state index contributed by atoms with van der Waals surface area (Å²) in [4.78, 5) is 5.38. The lowest BCUT2D eigenvalue weighted by molar-refractivity contribution is 0.0848. The van der Waals surface area contributed by atoms with E-state index in [1.54, 1.807) is 0 Å². The molecule has 1 atom stereocenters. The van der Waals surface area contributed by atoms with Gasteiger partial charge in [0.25, 0.3) is 0 Å². The third kappa shape index (κ3) is 4.06. The molecule has 3 nitrogen and oxygen atoms in total. The molecule has 0 unspecified atom stereocenters. The van der Waals surface area contributed by atoms with E-state index in [1.165, 1.54) is 12.1 Å². The molecular weight excluding hydrogens is 322 g/mol. The molecular formula is C17H15ClF2N2O. The summed E-state index contributed by atoms with van der Waals surface area (Å²) >= 11 is 5.86. The second kappa shape index (κ2) is 7.06. The topological polar surface area (TPSA) is 33.6 Å². The van der Waals surface area contributed by atoms with Crippen LogP contribution in [0.25, 0.3) is 0 Å². The minimum Gasteiger partial charge on any atom is -0.390 e. The first-order chi connectivity index (χ1) is 11.1. The van der Waals surface area contributed by atoms with E-state index >= 15 is 0 Å². The summed E-state index contributed by atoms with van der Waals surface area (Å²) in [6.45, 7) is 0.833. The average molecular weight is 337 g/mol. The molecule has 2 aromatic carbocycles. The first kappa shape index (κ1) is 15.9. The van der Waals surface area contributed by atoms with E-state index in [2.05, 4.69) is 10.5 Å². The molecule has 0 aromatic heterocycles. The van der Waals surface area contributed by atoms with E-state index in [0.29, 0.717) is 30.1 Å². The second-order valence-corrected chi connectivity index (χ2v) is 5.78. The second-order valence-electron chi connectivity index (χ2n) is 5.34. The molecule has 1 N–H and O–H groups in total. The van der Waals surface area contributed by atoms with Crippen molar-refractivity contribution in [3.05, 3.63) is 70.2 Å². The van der Waals surface area contributed by atoms with Crippen molar-refractivity contribution < 1.29 is 13.6 Å². The zero-order valence-electron chi connectivity index (χ0n) is 12.2. The van der Waals surface area contributed by atoms with Crippen molar-refractivity contribution in [1.29, 1.82) is 0 Å². The van der Waals surface area contributed by atoms with Crippen LogP contribution in [0.4, 0.5) is 8.78 Å². The number of benzene rings is 2. The normalized spacial score (nSPS) is 17.0. The summed E-state index contributed by atoms with van der Waals surface area (Å²) < 4.78 is 26.4. The van der Waals surface area contributed by atoms with Gasteiger partial charge in [-0.25, -0.2) is 8.78 Å². The standard InChI is InChI=1S/C17H15ClF2N2O/c18-13-4-1-11(2-5-13)17-8-15(23-22-17)10-21-9-12-3-6-14(19)7-16(12)20/h1-7,15,21H,8-10H2/t15-/m0/s1. The van der Waals surface area contributed by atoms with Gasteiger partial charge in [-0.15, -0.1) is 0 Å². The Bertz CT molecular complexity index is 719. The van der Waals surface area contributed by atoms with Crippen molar-refractivity contribution in [2.45, 2.75) is 19.1 Å². The summed E-state index contributed by atoms with van der Waals surface area (Å²) in [7, 11) is 0. The lowest BCUT2D eigenvalue weighted by atomic mass is 10.1. The van der Waals surface area contributed by atoms with Gasteiger partial charge in [-0.2, -0.15) is 0 Å². The van der Waals surface area contributed by atoms with Crippen LogP contribution in [0, 0.1) is 11.6 Å². The van der Waals surface area contributed by atoms with Crippen molar-refractivity contribution in [3.63, 3.8) is 0 Å². The average Bonchev–Trinajstić information content (AvgIpc) is 2.99. The van der Waals surface area contributed by atoms with Crippen molar-refractivity contribution in [2.24, 2.45) is 5.16 Å². The van der Waals surface area contributed by atoms with Gasteiger partial charge in [0.2, 0.25) is 0 Å². The van der Waals surface area contributed by atoms with Gasteiger partial charge in [0, 0.05) is 36.2 Å². The Morgan fingerprint density at radius 1 is 1.17 bits per heavy atom. The van der Waals surface area contributed by atoms with Crippen LogP contribution in [0.3, 0.4) is 0 Å². The fourth-order valence-corrected chi connectivity index (χ4v) is 2.51. The Balaban J connectivity index is 1.49. The van der Waals surface area contributed by atoms with E-state index in [4.69, 9.17) is 16.4 Å². The van der Waals surface area contributed by atoms with Crippen LogP contribution in [0.2, 0.25) is 5.02 Å². The third-order valence-electron chi connectivity index (χ3n) is 3.61. The highest BCUT2D eigenvalue weighted by molar-refractivity contribution is 6.30. The van der Waals surface area contributed by atoms with Crippen molar-refractivity contribution in [1.82, 2.24) is 5.32 Å². The van der Waals surface area contributed by atoms with Crippen molar-refractivity contribution >= 4 is 17.3 Å². The van der Waals surface area contributed by atoms with Crippen LogP contribution in [0.15, 0.2) is 47.6 Å². The van der Waals surface area contributed by atoms with Crippen LogP contribution < -0.4 is 5.32 Å². The van der Waals surface area contributed by atoms with Crippen LogP contribution in [-0.4, -0.2) is 18.4 Å². The van der Waals surface area contributed by atoms with E-state index in [1.807, 2.05) is 24.3 Å². The smallest absolute Gasteiger partial charge is 0.145 e. The van der Waals surface area contributed by atoms with Crippen molar-refractivity contribution in [2.75, 3.05) is 6.54 Å². The van der Waals surface area contributed by atoms with Gasteiger partial charge in [0.05, 0.1) is 5.71 Å². The lowest BCUT2D eigenvalue weighted by Crippen LogP contribution is -2.27. The minimum absolute atomic E-state index is 0.107. The maximum Gasteiger partial charge on any atom is 0.145 e. The number of rotatable bonds is 5. The molecule has 0 radical (unpaired) electrons. The molecule has 3 rings (SSSR count). The Kier molecular flexibility index (Phi) is 4.88. The van der Waals surface area contributed by atoms with E-state index in [0.717, 1.165) is 17.3 Å². The Morgan fingerprint density at radius 3 is 2.70 bits per heavy atom. The third-order valence-corrected chi connectivity index (χ3v) is 3.86. The molecule has 1 heterocycles. The molecule has 0 bridgehead atoms. The lowest BCUT2D eigenvalue weighted by Gasteiger charge is -2.10. The maximum atomic E-state index is 13.5. The van der Waals surface area contributed by atoms with Gasteiger partial charge >= 0.3 is 0 Å². The molecule has 1 aliphatic heterocycles. The number of oxime groups is 1. The summed E-state index contributed by atoms with van der Waals surface area (Å²) in [5.41, 5.74) is 2.26. The number of nitrogens with zero attached hydrogens (tertiary/aromatic N) is 1. The number of hydrogen-bond donors (Lipinski definition) is 1. The van der Waals surface area contributed by atoms with Crippen LogP contribution in [0.1, 0.15) is 17.5 Å². The molecule has 0 saturated heterocycles. The van der Waals surface area contributed by atoms with E-state index in [9.17, 15) is 8.78 Å². The zero-order chi connectivity index (χ0) is 16.2. The highest BCUT2D eigenvalue weighted by atomic mass is 35.5. The van der Waals surface area contributed by atoms with Gasteiger partial charge in [-0.1, -0.05) is 35.0 Å². The number of halogens is 3. The largest absolute Gasteiger partial charge is 0.390 e. The molecule has 23 heavy (non-hydrogen) atoms. The van der Waals surface area contributed by atoms with Crippen LogP contribution >= 0.6 is 11.6 Å². The fraction of sp³-hybridized carbons (Fsp3) is 0.235. The van der Waals surface area contributed by atoms with Crippen molar-refractivity contribution in [3.8, 4) is 0 Å². The Hall–Kier alpha value is -1.98. The molecule has 0 amide bonds. The van der Waals surface area contributed by atoms with Gasteiger partial charge < -0.3 is 10.2 Å². The first-order valence-electron chi connectivity index (χ1n) is 7.25. The zero-order valence-corrected chi connectivity index (χ0v) is 13.0. The highest BCUT2D eigenvalue weighted by Crippen LogP contribution is 2.18. The molecule has 0 saturated carbocycles. The number of nitrogens with one attached hydrogen (secondary N) is 1. The first-order valence-corrected chi connectivity index (χ1v) is 7.63. The molecule has 0 aliphatic carbocycles. The quantitative estimate of drug-likeness (QED) is 0.898. The predicted molar refractivity (Wildman–Crippen MR) is 85.5 cm³/mol. The van der Waals surface area contributed by atoms with Gasteiger partial charge in [0.15, 0.2) is 0 Å². The minimum atomic E-state index is -0.577. The number of hydrogen-bond acceptors (Lipinski definition) is 3. The molecule has 6 heteroatoms. The highest BCUT2D eigenvalue weighted by Gasteiger charge is 2.21. The van der Waals surface area contributed by atoms with E-state index in [-0.39, 0.29) is 6.10 Å². The summed E-state index contributed by atoms with van der Waals surface area (Å²) in [5.74, 6) is -1.13. The van der Waals surface area contributed by atoms with Gasteiger partial charge in [0.1, 0.15) is 17.7 Å². The monoisotopic (exact) mass is 336 g/mol. The van der Waals surface area contributed by atoms with E-state index < -0.39 is 11.6 Å². The Morgan fingerprint density at radius 2 is 1.96 bits per heavy atom. The summed E-state index contributed by atoms with van der Waals surface area (Å²) in [6.07, 6.45) is 0.560. The molecule has 0 spiro atoms. The SMILES string of the molecule is Fc1ccc(CNC[C@@H]2CC(c3ccc(Cl)cc3)=NO2)c(F)c1. The molecule has 120 valence electrons. The summed E-state index contributed by atoms with van der Waals surface area (Å²) in [6, 6.07) is 11.0.